The number of H-pyrrole nitrogens is 1. The third-order valence-corrected chi connectivity index (χ3v) is 3.83. The minimum Gasteiger partial charge on any atom is -0.308 e. The van der Waals surface area contributed by atoms with Crippen LogP contribution in [0.3, 0.4) is 0 Å². The topological polar surface area (TPSA) is 63.6 Å². The Balaban J connectivity index is 2.21. The highest BCUT2D eigenvalue weighted by Gasteiger charge is 2.21. The Morgan fingerprint density at radius 1 is 1.39 bits per heavy atom. The number of aryl methyl sites for hydroxylation is 2. The maximum absolute atomic E-state index is 12.2. The number of aromatic amines is 1. The Labute approximate surface area is 105 Å². The minimum atomic E-state index is -0.0515. The van der Waals surface area contributed by atoms with Crippen molar-refractivity contribution in [3.05, 3.63) is 21.9 Å². The molecule has 5 heteroatoms. The summed E-state index contributed by atoms with van der Waals surface area (Å²) in [5.41, 5.74) is 2.17. The SMILES string of the molecule is CCn1nc(C)c2nc(C3CCCC3)[nH]c(=O)c21. The summed E-state index contributed by atoms with van der Waals surface area (Å²) in [5.74, 6) is 1.27. The molecule has 1 aliphatic rings. The first-order valence-corrected chi connectivity index (χ1v) is 6.68. The van der Waals surface area contributed by atoms with Crippen molar-refractivity contribution in [1.82, 2.24) is 19.7 Å². The molecule has 0 unspecified atom stereocenters. The molecule has 0 spiro atoms. The molecule has 18 heavy (non-hydrogen) atoms. The molecule has 5 nitrogen and oxygen atoms in total. The second-order valence-electron chi connectivity index (χ2n) is 5.03. The van der Waals surface area contributed by atoms with Crippen LogP contribution in [0.4, 0.5) is 0 Å². The average molecular weight is 246 g/mol. The first kappa shape index (κ1) is 11.4. The zero-order valence-corrected chi connectivity index (χ0v) is 10.9. The van der Waals surface area contributed by atoms with Gasteiger partial charge in [0.05, 0.1) is 5.69 Å². The lowest BCUT2D eigenvalue weighted by Crippen LogP contribution is -2.16. The van der Waals surface area contributed by atoms with Crippen LogP contribution in [0.15, 0.2) is 4.79 Å². The lowest BCUT2D eigenvalue weighted by atomic mass is 10.1. The molecule has 1 aliphatic carbocycles. The van der Waals surface area contributed by atoms with Gasteiger partial charge in [-0.3, -0.25) is 9.48 Å². The Morgan fingerprint density at radius 3 is 2.78 bits per heavy atom. The normalized spacial score (nSPS) is 16.8. The highest BCUT2D eigenvalue weighted by Crippen LogP contribution is 2.32. The molecule has 0 amide bonds. The Bertz CT molecular complexity index is 634. The van der Waals surface area contributed by atoms with Crippen LogP contribution in [0, 0.1) is 6.92 Å². The molecule has 3 rings (SSSR count). The summed E-state index contributed by atoms with van der Waals surface area (Å²) in [4.78, 5) is 19.8. The fraction of sp³-hybridized carbons (Fsp3) is 0.615. The highest BCUT2D eigenvalue weighted by molar-refractivity contribution is 5.76. The summed E-state index contributed by atoms with van der Waals surface area (Å²) in [6, 6.07) is 0. The monoisotopic (exact) mass is 246 g/mol. The third kappa shape index (κ3) is 1.65. The summed E-state index contributed by atoms with van der Waals surface area (Å²) in [7, 11) is 0. The van der Waals surface area contributed by atoms with Crippen molar-refractivity contribution < 1.29 is 0 Å². The quantitative estimate of drug-likeness (QED) is 0.882. The molecule has 2 aromatic heterocycles. The minimum absolute atomic E-state index is 0.0515. The van der Waals surface area contributed by atoms with Crippen LogP contribution in [-0.2, 0) is 6.54 Å². The Hall–Kier alpha value is -1.65. The molecule has 0 bridgehead atoms. The number of nitrogens with one attached hydrogen (secondary N) is 1. The Kier molecular flexibility index (Phi) is 2.69. The van der Waals surface area contributed by atoms with Crippen LogP contribution in [0.2, 0.25) is 0 Å². The van der Waals surface area contributed by atoms with Gasteiger partial charge in [-0.25, -0.2) is 4.98 Å². The van der Waals surface area contributed by atoms with Crippen LogP contribution >= 0.6 is 0 Å². The first-order chi connectivity index (χ1) is 8.70. The van der Waals surface area contributed by atoms with Gasteiger partial charge in [-0.15, -0.1) is 0 Å². The third-order valence-electron chi connectivity index (χ3n) is 3.83. The molecule has 1 N–H and O–H groups in total. The van der Waals surface area contributed by atoms with Gasteiger partial charge in [0, 0.05) is 12.5 Å². The van der Waals surface area contributed by atoms with Gasteiger partial charge in [-0.2, -0.15) is 5.10 Å². The fourth-order valence-electron chi connectivity index (χ4n) is 2.88. The van der Waals surface area contributed by atoms with E-state index in [0.717, 1.165) is 29.9 Å². The predicted molar refractivity (Wildman–Crippen MR) is 69.8 cm³/mol. The predicted octanol–water partition coefficient (Wildman–Crippen LogP) is 2.11. The van der Waals surface area contributed by atoms with E-state index in [0.29, 0.717) is 18.0 Å². The molecular formula is C13H18N4O. The summed E-state index contributed by atoms with van der Waals surface area (Å²) >= 11 is 0. The molecule has 2 aromatic rings. The van der Waals surface area contributed by atoms with Crippen LogP contribution in [0.25, 0.3) is 11.0 Å². The molecule has 0 aromatic carbocycles. The van der Waals surface area contributed by atoms with Crippen molar-refractivity contribution in [2.45, 2.75) is 52.0 Å². The fourth-order valence-corrected chi connectivity index (χ4v) is 2.88. The van der Waals surface area contributed by atoms with E-state index in [1.807, 2.05) is 13.8 Å². The van der Waals surface area contributed by atoms with Crippen LogP contribution in [-0.4, -0.2) is 19.7 Å². The van der Waals surface area contributed by atoms with Gasteiger partial charge in [0.15, 0.2) is 5.52 Å². The zero-order chi connectivity index (χ0) is 12.7. The second kappa shape index (κ2) is 4.23. The maximum Gasteiger partial charge on any atom is 0.277 e. The first-order valence-electron chi connectivity index (χ1n) is 6.68. The molecule has 1 saturated carbocycles. The van der Waals surface area contributed by atoms with Crippen molar-refractivity contribution in [3.8, 4) is 0 Å². The summed E-state index contributed by atoms with van der Waals surface area (Å²) < 4.78 is 1.73. The van der Waals surface area contributed by atoms with Gasteiger partial charge >= 0.3 is 0 Å². The van der Waals surface area contributed by atoms with Gasteiger partial charge < -0.3 is 4.98 Å². The van der Waals surface area contributed by atoms with E-state index < -0.39 is 0 Å². The molecule has 0 saturated heterocycles. The number of rotatable bonds is 2. The lowest BCUT2D eigenvalue weighted by molar-refractivity contribution is 0.660. The number of hydrogen-bond acceptors (Lipinski definition) is 3. The molecule has 0 atom stereocenters. The van der Waals surface area contributed by atoms with E-state index in [1.54, 1.807) is 4.68 Å². The molecule has 0 radical (unpaired) electrons. The van der Waals surface area contributed by atoms with E-state index in [2.05, 4.69) is 15.1 Å². The molecule has 2 heterocycles. The van der Waals surface area contributed by atoms with Gasteiger partial charge in [-0.1, -0.05) is 12.8 Å². The lowest BCUT2D eigenvalue weighted by Gasteiger charge is -2.08. The standard InChI is InChI=1S/C13H18N4O/c1-3-17-11-10(8(2)16-17)14-12(15-13(11)18)9-6-4-5-7-9/h9H,3-7H2,1-2H3,(H,14,15,18). The largest absolute Gasteiger partial charge is 0.308 e. The molecular weight excluding hydrogens is 228 g/mol. The second-order valence-corrected chi connectivity index (χ2v) is 5.03. The van der Waals surface area contributed by atoms with Crippen molar-refractivity contribution in [3.63, 3.8) is 0 Å². The highest BCUT2D eigenvalue weighted by atomic mass is 16.1. The number of nitrogens with zero attached hydrogens (tertiary/aromatic N) is 3. The maximum atomic E-state index is 12.2. The van der Waals surface area contributed by atoms with E-state index in [9.17, 15) is 4.79 Å². The summed E-state index contributed by atoms with van der Waals surface area (Å²) in [6.07, 6.45) is 4.74. The van der Waals surface area contributed by atoms with E-state index in [1.165, 1.54) is 12.8 Å². The van der Waals surface area contributed by atoms with Gasteiger partial charge in [-0.05, 0) is 26.7 Å². The van der Waals surface area contributed by atoms with E-state index in [4.69, 9.17) is 0 Å². The average Bonchev–Trinajstić information content (AvgIpc) is 2.97. The van der Waals surface area contributed by atoms with Gasteiger partial charge in [0.1, 0.15) is 11.3 Å². The van der Waals surface area contributed by atoms with Crippen LogP contribution < -0.4 is 5.56 Å². The number of fused-ring (bicyclic) bond motifs is 1. The van der Waals surface area contributed by atoms with E-state index in [-0.39, 0.29) is 5.56 Å². The summed E-state index contributed by atoms with van der Waals surface area (Å²) in [5, 5.41) is 4.37. The van der Waals surface area contributed by atoms with Crippen molar-refractivity contribution in [2.24, 2.45) is 0 Å². The van der Waals surface area contributed by atoms with Crippen molar-refractivity contribution in [1.29, 1.82) is 0 Å². The van der Waals surface area contributed by atoms with E-state index >= 15 is 0 Å². The smallest absolute Gasteiger partial charge is 0.277 e. The summed E-state index contributed by atoms with van der Waals surface area (Å²) in [6.45, 7) is 4.59. The number of hydrogen-bond donors (Lipinski definition) is 1. The van der Waals surface area contributed by atoms with Gasteiger partial charge in [0.2, 0.25) is 0 Å². The number of aromatic nitrogens is 4. The van der Waals surface area contributed by atoms with Crippen LogP contribution in [0.5, 0.6) is 0 Å². The van der Waals surface area contributed by atoms with Crippen LogP contribution in [0.1, 0.15) is 50.0 Å². The zero-order valence-electron chi connectivity index (χ0n) is 10.9. The molecule has 96 valence electrons. The molecule has 1 fully saturated rings. The van der Waals surface area contributed by atoms with Crippen molar-refractivity contribution in [2.75, 3.05) is 0 Å². The van der Waals surface area contributed by atoms with Crippen molar-refractivity contribution >= 4 is 11.0 Å². The molecule has 0 aliphatic heterocycles. The Morgan fingerprint density at radius 2 is 2.11 bits per heavy atom. The van der Waals surface area contributed by atoms with Gasteiger partial charge in [0.25, 0.3) is 5.56 Å².